The number of hydrogen-bond donors (Lipinski definition) is 2. The summed E-state index contributed by atoms with van der Waals surface area (Å²) in [6.07, 6.45) is 5.61. The first kappa shape index (κ1) is 10.0. The molecule has 3 rings (SSSR count). The molecule has 1 fully saturated rings. The van der Waals surface area contributed by atoms with E-state index in [4.69, 9.17) is 10.7 Å². The summed E-state index contributed by atoms with van der Waals surface area (Å²) in [7, 11) is 0. The summed E-state index contributed by atoms with van der Waals surface area (Å²) in [5, 5.41) is 3.36. The van der Waals surface area contributed by atoms with E-state index in [0.717, 1.165) is 50.4 Å². The first-order valence-corrected chi connectivity index (χ1v) is 6.20. The maximum atomic E-state index is 6.01. The minimum atomic E-state index is 0.509. The molecule has 0 spiro atoms. The molecule has 86 valence electrons. The van der Waals surface area contributed by atoms with Crippen LogP contribution in [0.4, 0.5) is 5.82 Å². The molecule has 0 saturated carbocycles. The Morgan fingerprint density at radius 2 is 1.94 bits per heavy atom. The van der Waals surface area contributed by atoms with Crippen molar-refractivity contribution in [2.75, 3.05) is 18.8 Å². The molecule has 0 radical (unpaired) electrons. The molecular formula is C12H18N4. The zero-order chi connectivity index (χ0) is 11.0. The van der Waals surface area contributed by atoms with Gasteiger partial charge in [-0.25, -0.2) is 9.97 Å². The van der Waals surface area contributed by atoms with Crippen molar-refractivity contribution in [3.63, 3.8) is 0 Å². The molecule has 0 unspecified atom stereocenters. The van der Waals surface area contributed by atoms with Gasteiger partial charge in [-0.15, -0.1) is 0 Å². The maximum Gasteiger partial charge on any atom is 0.134 e. The van der Waals surface area contributed by atoms with Crippen molar-refractivity contribution in [3.05, 3.63) is 17.1 Å². The molecule has 4 heteroatoms. The van der Waals surface area contributed by atoms with Gasteiger partial charge < -0.3 is 11.1 Å². The second-order valence-corrected chi connectivity index (χ2v) is 4.77. The number of aromatic nitrogens is 2. The summed E-state index contributed by atoms with van der Waals surface area (Å²) in [4.78, 5) is 9.23. The van der Waals surface area contributed by atoms with E-state index in [-0.39, 0.29) is 0 Å². The third kappa shape index (κ3) is 1.67. The van der Waals surface area contributed by atoms with Crippen LogP contribution in [0.5, 0.6) is 0 Å². The minimum absolute atomic E-state index is 0.509. The third-order valence-electron chi connectivity index (χ3n) is 3.69. The van der Waals surface area contributed by atoms with Crippen molar-refractivity contribution in [1.29, 1.82) is 0 Å². The SMILES string of the molecule is Nc1nc(C2CCNCC2)nc2c1CCC2. The number of piperidine rings is 1. The Bertz CT molecular complexity index is 396. The summed E-state index contributed by atoms with van der Waals surface area (Å²) in [6.45, 7) is 2.15. The molecule has 16 heavy (non-hydrogen) atoms. The van der Waals surface area contributed by atoms with Crippen molar-refractivity contribution < 1.29 is 0 Å². The second-order valence-electron chi connectivity index (χ2n) is 4.77. The maximum absolute atomic E-state index is 6.01. The molecule has 4 nitrogen and oxygen atoms in total. The Labute approximate surface area is 95.7 Å². The van der Waals surface area contributed by atoms with Crippen LogP contribution in [0, 0.1) is 0 Å². The van der Waals surface area contributed by atoms with E-state index in [1.165, 1.54) is 17.7 Å². The lowest BCUT2D eigenvalue weighted by molar-refractivity contribution is 0.444. The number of nitrogen functional groups attached to an aromatic ring is 1. The molecule has 2 heterocycles. The van der Waals surface area contributed by atoms with Gasteiger partial charge in [-0.2, -0.15) is 0 Å². The van der Waals surface area contributed by atoms with Crippen molar-refractivity contribution in [2.45, 2.75) is 38.0 Å². The van der Waals surface area contributed by atoms with Gasteiger partial charge in [0.2, 0.25) is 0 Å². The standard InChI is InChI=1S/C12H18N4/c13-11-9-2-1-3-10(9)15-12(16-11)8-4-6-14-7-5-8/h8,14H,1-7H2,(H2,13,15,16). The van der Waals surface area contributed by atoms with Gasteiger partial charge in [0.05, 0.1) is 0 Å². The minimum Gasteiger partial charge on any atom is -0.383 e. The number of nitrogens with zero attached hydrogens (tertiary/aromatic N) is 2. The van der Waals surface area contributed by atoms with Crippen molar-refractivity contribution in [2.24, 2.45) is 0 Å². The molecule has 0 bridgehead atoms. The molecule has 2 aliphatic rings. The van der Waals surface area contributed by atoms with Gasteiger partial charge in [-0.05, 0) is 45.2 Å². The Hall–Kier alpha value is -1.16. The number of aryl methyl sites for hydroxylation is 1. The Kier molecular flexibility index (Phi) is 2.52. The van der Waals surface area contributed by atoms with E-state index in [1.54, 1.807) is 0 Å². The van der Waals surface area contributed by atoms with Crippen LogP contribution in [0.25, 0.3) is 0 Å². The van der Waals surface area contributed by atoms with Gasteiger partial charge in [0.25, 0.3) is 0 Å². The molecule has 1 aliphatic carbocycles. The molecule has 1 aliphatic heterocycles. The number of anilines is 1. The number of fused-ring (bicyclic) bond motifs is 1. The lowest BCUT2D eigenvalue weighted by Crippen LogP contribution is -2.27. The predicted octanol–water partition coefficient (Wildman–Crippen LogP) is 1.01. The van der Waals surface area contributed by atoms with Crippen molar-refractivity contribution in [1.82, 2.24) is 15.3 Å². The molecule has 3 N–H and O–H groups in total. The first-order chi connectivity index (χ1) is 7.84. The highest BCUT2D eigenvalue weighted by Crippen LogP contribution is 2.28. The molecule has 0 atom stereocenters. The monoisotopic (exact) mass is 218 g/mol. The summed E-state index contributed by atoms with van der Waals surface area (Å²) < 4.78 is 0. The molecule has 1 aromatic rings. The van der Waals surface area contributed by atoms with Crippen molar-refractivity contribution >= 4 is 5.82 Å². The van der Waals surface area contributed by atoms with Gasteiger partial charge >= 0.3 is 0 Å². The third-order valence-corrected chi connectivity index (χ3v) is 3.69. The molecule has 0 aromatic carbocycles. The molecule has 1 aromatic heterocycles. The number of rotatable bonds is 1. The fourth-order valence-electron chi connectivity index (χ4n) is 2.74. The normalized spacial score (nSPS) is 21.0. The van der Waals surface area contributed by atoms with Crippen LogP contribution in [0.2, 0.25) is 0 Å². The zero-order valence-corrected chi connectivity index (χ0v) is 9.50. The molecular weight excluding hydrogens is 200 g/mol. The van der Waals surface area contributed by atoms with Crippen molar-refractivity contribution in [3.8, 4) is 0 Å². The van der Waals surface area contributed by atoms with Crippen LogP contribution < -0.4 is 11.1 Å². The van der Waals surface area contributed by atoms with E-state index in [1.807, 2.05) is 0 Å². The van der Waals surface area contributed by atoms with Crippen LogP contribution in [0.3, 0.4) is 0 Å². The Morgan fingerprint density at radius 1 is 1.12 bits per heavy atom. The van der Waals surface area contributed by atoms with Crippen LogP contribution in [-0.2, 0) is 12.8 Å². The highest BCUT2D eigenvalue weighted by Gasteiger charge is 2.23. The average Bonchev–Trinajstić information content (AvgIpc) is 2.79. The summed E-state index contributed by atoms with van der Waals surface area (Å²) in [6, 6.07) is 0. The summed E-state index contributed by atoms with van der Waals surface area (Å²) in [5.41, 5.74) is 8.43. The van der Waals surface area contributed by atoms with Gasteiger partial charge in [0.1, 0.15) is 11.6 Å². The summed E-state index contributed by atoms with van der Waals surface area (Å²) >= 11 is 0. The Balaban J connectivity index is 1.92. The van der Waals surface area contributed by atoms with Crippen LogP contribution in [0.1, 0.15) is 42.3 Å². The van der Waals surface area contributed by atoms with Gasteiger partial charge in [-0.3, -0.25) is 0 Å². The first-order valence-electron chi connectivity index (χ1n) is 6.20. The molecule has 1 saturated heterocycles. The Morgan fingerprint density at radius 3 is 2.75 bits per heavy atom. The molecule has 0 amide bonds. The predicted molar refractivity (Wildman–Crippen MR) is 63.3 cm³/mol. The lowest BCUT2D eigenvalue weighted by atomic mass is 9.97. The van der Waals surface area contributed by atoms with Crippen LogP contribution in [0.15, 0.2) is 0 Å². The smallest absolute Gasteiger partial charge is 0.134 e. The van der Waals surface area contributed by atoms with Gasteiger partial charge in [-0.1, -0.05) is 0 Å². The zero-order valence-electron chi connectivity index (χ0n) is 9.50. The topological polar surface area (TPSA) is 63.8 Å². The van der Waals surface area contributed by atoms with E-state index in [0.29, 0.717) is 5.92 Å². The summed E-state index contributed by atoms with van der Waals surface area (Å²) in [5.74, 6) is 2.23. The number of nitrogens with two attached hydrogens (primary N) is 1. The van der Waals surface area contributed by atoms with E-state index in [2.05, 4.69) is 10.3 Å². The number of nitrogens with one attached hydrogen (secondary N) is 1. The average molecular weight is 218 g/mol. The van der Waals surface area contributed by atoms with E-state index < -0.39 is 0 Å². The highest BCUT2D eigenvalue weighted by atomic mass is 15.0. The largest absolute Gasteiger partial charge is 0.383 e. The van der Waals surface area contributed by atoms with Gasteiger partial charge in [0, 0.05) is 17.2 Å². The second kappa shape index (κ2) is 4.01. The fraction of sp³-hybridized carbons (Fsp3) is 0.667. The fourth-order valence-corrected chi connectivity index (χ4v) is 2.74. The quantitative estimate of drug-likeness (QED) is 0.738. The lowest BCUT2D eigenvalue weighted by Gasteiger charge is -2.22. The van der Waals surface area contributed by atoms with Crippen LogP contribution >= 0.6 is 0 Å². The van der Waals surface area contributed by atoms with E-state index >= 15 is 0 Å². The van der Waals surface area contributed by atoms with Crippen LogP contribution in [-0.4, -0.2) is 23.1 Å². The highest BCUT2D eigenvalue weighted by molar-refractivity contribution is 5.45. The van der Waals surface area contributed by atoms with E-state index in [9.17, 15) is 0 Å². The number of hydrogen-bond acceptors (Lipinski definition) is 4. The van der Waals surface area contributed by atoms with Gasteiger partial charge in [0.15, 0.2) is 0 Å².